The van der Waals surface area contributed by atoms with Gasteiger partial charge in [-0.05, 0) is 48.9 Å². The van der Waals surface area contributed by atoms with Crippen molar-refractivity contribution >= 4 is 17.7 Å². The Morgan fingerprint density at radius 2 is 2.00 bits per heavy atom. The summed E-state index contributed by atoms with van der Waals surface area (Å²) in [4.78, 5) is 21.1. The van der Waals surface area contributed by atoms with E-state index in [2.05, 4.69) is 44.0 Å². The predicted molar refractivity (Wildman–Crippen MR) is 135 cm³/mol. The predicted octanol–water partition coefficient (Wildman–Crippen LogP) is 5.09. The van der Waals surface area contributed by atoms with Gasteiger partial charge in [-0.3, -0.25) is 4.68 Å². The SMILES string of the molecule is Cc1cc(-c2ccnc(Nc3cnn(C)c3)n2)ccc1CNC(=O)NCCCC1CCCCC1. The van der Waals surface area contributed by atoms with E-state index in [0.717, 1.165) is 47.0 Å². The lowest BCUT2D eigenvalue weighted by atomic mass is 9.86. The summed E-state index contributed by atoms with van der Waals surface area (Å²) < 4.78 is 1.72. The maximum Gasteiger partial charge on any atom is 0.315 e. The van der Waals surface area contributed by atoms with Gasteiger partial charge in [0.05, 0.1) is 17.6 Å². The number of anilines is 2. The molecule has 3 aromatic rings. The summed E-state index contributed by atoms with van der Waals surface area (Å²) in [6, 6.07) is 7.96. The molecule has 8 heteroatoms. The average molecular weight is 462 g/mol. The third-order valence-electron chi connectivity index (χ3n) is 6.49. The third-order valence-corrected chi connectivity index (χ3v) is 6.49. The van der Waals surface area contributed by atoms with Crippen LogP contribution in [0.3, 0.4) is 0 Å². The van der Waals surface area contributed by atoms with Gasteiger partial charge >= 0.3 is 6.03 Å². The Hall–Kier alpha value is -3.42. The first-order chi connectivity index (χ1) is 16.6. The minimum absolute atomic E-state index is 0.103. The molecule has 34 heavy (non-hydrogen) atoms. The molecule has 0 saturated heterocycles. The number of carbonyl (C=O) groups is 1. The summed E-state index contributed by atoms with van der Waals surface area (Å²) in [6.07, 6.45) is 14.5. The average Bonchev–Trinajstić information content (AvgIpc) is 3.26. The first-order valence-electron chi connectivity index (χ1n) is 12.3. The highest BCUT2D eigenvalue weighted by molar-refractivity contribution is 5.74. The van der Waals surface area contributed by atoms with Crippen LogP contribution in [0.4, 0.5) is 16.4 Å². The number of aromatic nitrogens is 4. The Labute approximate surface area is 201 Å². The van der Waals surface area contributed by atoms with E-state index in [9.17, 15) is 4.79 Å². The fraction of sp³-hybridized carbons (Fsp3) is 0.462. The number of nitrogens with one attached hydrogen (secondary N) is 3. The van der Waals surface area contributed by atoms with Gasteiger partial charge in [0.25, 0.3) is 0 Å². The van der Waals surface area contributed by atoms with E-state index in [1.165, 1.54) is 38.5 Å². The lowest BCUT2D eigenvalue weighted by Crippen LogP contribution is -2.35. The van der Waals surface area contributed by atoms with Crippen LogP contribution >= 0.6 is 0 Å². The first-order valence-corrected chi connectivity index (χ1v) is 12.3. The second-order valence-electron chi connectivity index (χ2n) is 9.19. The van der Waals surface area contributed by atoms with Crippen molar-refractivity contribution in [3.63, 3.8) is 0 Å². The molecule has 2 aromatic heterocycles. The van der Waals surface area contributed by atoms with Gasteiger partial charge in [0.15, 0.2) is 0 Å². The summed E-state index contributed by atoms with van der Waals surface area (Å²) in [5.74, 6) is 1.38. The molecule has 2 heterocycles. The van der Waals surface area contributed by atoms with E-state index in [4.69, 9.17) is 0 Å². The van der Waals surface area contributed by atoms with Crippen molar-refractivity contribution in [2.45, 2.75) is 58.4 Å². The van der Waals surface area contributed by atoms with Crippen LogP contribution in [0.25, 0.3) is 11.3 Å². The highest BCUT2D eigenvalue weighted by Crippen LogP contribution is 2.27. The Balaban J connectivity index is 1.26. The number of hydrogen-bond acceptors (Lipinski definition) is 5. The van der Waals surface area contributed by atoms with E-state index in [1.807, 2.05) is 31.4 Å². The van der Waals surface area contributed by atoms with Crippen LogP contribution in [0.5, 0.6) is 0 Å². The van der Waals surface area contributed by atoms with Crippen LogP contribution in [0, 0.1) is 12.8 Å². The van der Waals surface area contributed by atoms with Crippen molar-refractivity contribution in [1.82, 2.24) is 30.4 Å². The topological polar surface area (TPSA) is 96.8 Å². The number of rotatable bonds is 9. The van der Waals surface area contributed by atoms with Gasteiger partial charge < -0.3 is 16.0 Å². The standard InChI is InChI=1S/C26H35N7O/c1-19-15-21(24-12-14-27-25(32-24)31-23-17-30-33(2)18-23)10-11-22(19)16-29-26(34)28-13-6-9-20-7-4-3-5-8-20/h10-12,14-15,17-18,20H,3-9,13,16H2,1-2H3,(H,27,31,32)(H2,28,29,34). The molecule has 180 valence electrons. The van der Waals surface area contributed by atoms with Gasteiger partial charge in [0.2, 0.25) is 5.95 Å². The van der Waals surface area contributed by atoms with Gasteiger partial charge in [0, 0.05) is 38.1 Å². The van der Waals surface area contributed by atoms with Gasteiger partial charge in [-0.1, -0.05) is 44.2 Å². The Morgan fingerprint density at radius 1 is 1.15 bits per heavy atom. The molecule has 0 bridgehead atoms. The largest absolute Gasteiger partial charge is 0.338 e. The van der Waals surface area contributed by atoms with E-state index in [0.29, 0.717) is 12.5 Å². The van der Waals surface area contributed by atoms with Crippen LogP contribution < -0.4 is 16.0 Å². The normalized spacial score (nSPS) is 14.1. The number of amides is 2. The van der Waals surface area contributed by atoms with Gasteiger partial charge in [-0.2, -0.15) is 5.10 Å². The van der Waals surface area contributed by atoms with E-state index in [-0.39, 0.29) is 6.03 Å². The molecule has 1 aliphatic carbocycles. The maximum absolute atomic E-state index is 12.2. The minimum atomic E-state index is -0.103. The summed E-state index contributed by atoms with van der Waals surface area (Å²) >= 11 is 0. The van der Waals surface area contributed by atoms with Crippen molar-refractivity contribution in [3.8, 4) is 11.3 Å². The van der Waals surface area contributed by atoms with Crippen LogP contribution in [-0.4, -0.2) is 32.3 Å². The smallest absolute Gasteiger partial charge is 0.315 e. The third kappa shape index (κ3) is 6.79. The van der Waals surface area contributed by atoms with E-state index in [1.54, 1.807) is 17.1 Å². The quantitative estimate of drug-likeness (QED) is 0.386. The fourth-order valence-corrected chi connectivity index (χ4v) is 4.55. The zero-order chi connectivity index (χ0) is 23.8. The summed E-state index contributed by atoms with van der Waals surface area (Å²) in [6.45, 7) is 3.29. The molecule has 3 N–H and O–H groups in total. The number of carbonyl (C=O) groups excluding carboxylic acids is 1. The molecule has 0 spiro atoms. The number of benzene rings is 1. The Kier molecular flexibility index (Phi) is 8.12. The first kappa shape index (κ1) is 23.7. The summed E-state index contributed by atoms with van der Waals surface area (Å²) in [7, 11) is 1.86. The number of nitrogens with zero attached hydrogens (tertiary/aromatic N) is 4. The molecule has 0 atom stereocenters. The highest BCUT2D eigenvalue weighted by atomic mass is 16.2. The lowest BCUT2D eigenvalue weighted by molar-refractivity contribution is 0.239. The monoisotopic (exact) mass is 461 g/mol. The van der Waals surface area contributed by atoms with Crippen molar-refractivity contribution in [2.24, 2.45) is 13.0 Å². The van der Waals surface area contributed by atoms with Gasteiger partial charge in [0.1, 0.15) is 0 Å². The molecule has 0 radical (unpaired) electrons. The van der Waals surface area contributed by atoms with Crippen molar-refractivity contribution in [1.29, 1.82) is 0 Å². The van der Waals surface area contributed by atoms with Crippen LogP contribution in [0.2, 0.25) is 0 Å². The Morgan fingerprint density at radius 3 is 2.76 bits per heavy atom. The second kappa shape index (κ2) is 11.6. The summed E-state index contributed by atoms with van der Waals surface area (Å²) in [5.41, 5.74) is 4.87. The molecule has 1 aromatic carbocycles. The Bertz CT molecular complexity index is 1090. The molecule has 1 fully saturated rings. The second-order valence-corrected chi connectivity index (χ2v) is 9.19. The van der Waals surface area contributed by atoms with Crippen molar-refractivity contribution in [2.75, 3.05) is 11.9 Å². The molecule has 8 nitrogen and oxygen atoms in total. The molecule has 1 aliphatic rings. The van der Waals surface area contributed by atoms with Crippen molar-refractivity contribution in [3.05, 3.63) is 54.0 Å². The zero-order valence-corrected chi connectivity index (χ0v) is 20.2. The molecule has 0 aliphatic heterocycles. The molecular formula is C26H35N7O. The van der Waals surface area contributed by atoms with E-state index < -0.39 is 0 Å². The number of hydrogen-bond donors (Lipinski definition) is 3. The van der Waals surface area contributed by atoms with Crippen molar-refractivity contribution < 1.29 is 4.79 Å². The van der Waals surface area contributed by atoms with Crippen LogP contribution in [0.15, 0.2) is 42.9 Å². The molecule has 0 unspecified atom stereocenters. The van der Waals surface area contributed by atoms with Crippen LogP contribution in [0.1, 0.15) is 56.1 Å². The highest BCUT2D eigenvalue weighted by Gasteiger charge is 2.13. The number of urea groups is 1. The molecule has 2 amide bonds. The van der Waals surface area contributed by atoms with Gasteiger partial charge in [-0.15, -0.1) is 0 Å². The van der Waals surface area contributed by atoms with E-state index >= 15 is 0 Å². The zero-order valence-electron chi connectivity index (χ0n) is 20.2. The van der Waals surface area contributed by atoms with Crippen LogP contribution in [-0.2, 0) is 13.6 Å². The lowest BCUT2D eigenvalue weighted by Gasteiger charge is -2.21. The molecular weight excluding hydrogens is 426 g/mol. The van der Waals surface area contributed by atoms with Gasteiger partial charge in [-0.25, -0.2) is 14.8 Å². The minimum Gasteiger partial charge on any atom is -0.338 e. The molecule has 1 saturated carbocycles. The molecule has 4 rings (SSSR count). The fourth-order valence-electron chi connectivity index (χ4n) is 4.55. The maximum atomic E-state index is 12.2. The number of aryl methyl sites for hydroxylation is 2. The summed E-state index contributed by atoms with van der Waals surface area (Å²) in [5, 5.41) is 13.3.